The molecular formula is C16H22N4O2. The van der Waals surface area contributed by atoms with Crippen LogP contribution in [0.5, 0.6) is 0 Å². The molecule has 2 saturated heterocycles. The van der Waals surface area contributed by atoms with Gasteiger partial charge < -0.3 is 9.80 Å². The Hall–Kier alpha value is -1.92. The third kappa shape index (κ3) is 3.13. The Labute approximate surface area is 130 Å². The van der Waals surface area contributed by atoms with Crippen molar-refractivity contribution in [2.75, 3.05) is 26.2 Å². The lowest BCUT2D eigenvalue weighted by Crippen LogP contribution is -2.54. The highest BCUT2D eigenvalue weighted by Crippen LogP contribution is 2.12. The van der Waals surface area contributed by atoms with Gasteiger partial charge in [0.1, 0.15) is 6.04 Å². The van der Waals surface area contributed by atoms with Gasteiger partial charge in [0, 0.05) is 37.8 Å². The smallest absolute Gasteiger partial charge is 0.253 e. The van der Waals surface area contributed by atoms with Gasteiger partial charge in [-0.25, -0.2) is 5.43 Å². The molecule has 2 N–H and O–H groups in total. The maximum absolute atomic E-state index is 12.4. The second kappa shape index (κ2) is 6.46. The van der Waals surface area contributed by atoms with Gasteiger partial charge in [0.2, 0.25) is 5.91 Å². The third-order valence-electron chi connectivity index (χ3n) is 4.29. The highest BCUT2D eigenvalue weighted by Gasteiger charge is 2.32. The lowest BCUT2D eigenvalue weighted by atomic mass is 10.1. The van der Waals surface area contributed by atoms with E-state index in [0.29, 0.717) is 37.8 Å². The molecular weight excluding hydrogens is 280 g/mol. The monoisotopic (exact) mass is 302 g/mol. The van der Waals surface area contributed by atoms with Crippen LogP contribution in [0.15, 0.2) is 30.3 Å². The molecule has 0 bridgehead atoms. The summed E-state index contributed by atoms with van der Waals surface area (Å²) < 4.78 is 0. The summed E-state index contributed by atoms with van der Waals surface area (Å²) in [6, 6.07) is 9.46. The molecule has 6 heteroatoms. The number of rotatable bonds is 2. The van der Waals surface area contributed by atoms with Gasteiger partial charge in [-0.2, -0.15) is 0 Å². The predicted octanol–water partition coefficient (Wildman–Crippen LogP) is 0.226. The van der Waals surface area contributed by atoms with Crippen molar-refractivity contribution in [3.05, 3.63) is 35.9 Å². The molecule has 0 radical (unpaired) electrons. The Morgan fingerprint density at radius 2 is 1.64 bits per heavy atom. The number of piperazine rings is 1. The van der Waals surface area contributed by atoms with Crippen LogP contribution in [0, 0.1) is 0 Å². The zero-order chi connectivity index (χ0) is 15.5. The molecule has 2 aliphatic rings. The van der Waals surface area contributed by atoms with Gasteiger partial charge in [-0.05, 0) is 25.5 Å². The van der Waals surface area contributed by atoms with E-state index in [0.717, 1.165) is 6.42 Å². The van der Waals surface area contributed by atoms with E-state index in [9.17, 15) is 9.59 Å². The standard InChI is InChI=1S/C16H22N4O2/c1-12-11-14(18-17-12)16(22)20-9-7-19(8-10-20)15(21)13-5-3-2-4-6-13/h2-6,12,14,17-18H,7-11H2,1H3. The van der Waals surface area contributed by atoms with Crippen LogP contribution in [0.25, 0.3) is 0 Å². The van der Waals surface area contributed by atoms with Crippen LogP contribution in [0.3, 0.4) is 0 Å². The van der Waals surface area contributed by atoms with Gasteiger partial charge >= 0.3 is 0 Å². The average molecular weight is 302 g/mol. The quantitative estimate of drug-likeness (QED) is 0.821. The van der Waals surface area contributed by atoms with Crippen LogP contribution in [0.4, 0.5) is 0 Å². The molecule has 2 heterocycles. The van der Waals surface area contributed by atoms with E-state index in [1.54, 1.807) is 0 Å². The van der Waals surface area contributed by atoms with Gasteiger partial charge in [-0.3, -0.25) is 15.0 Å². The van der Waals surface area contributed by atoms with E-state index in [1.165, 1.54) is 0 Å². The number of nitrogens with zero attached hydrogens (tertiary/aromatic N) is 2. The molecule has 2 amide bonds. The average Bonchev–Trinajstić information content (AvgIpc) is 3.01. The lowest BCUT2D eigenvalue weighted by molar-refractivity contribution is -0.134. The van der Waals surface area contributed by atoms with Crippen molar-refractivity contribution in [2.45, 2.75) is 25.4 Å². The number of carbonyl (C=O) groups is 2. The number of amides is 2. The summed E-state index contributed by atoms with van der Waals surface area (Å²) in [6.07, 6.45) is 0.808. The van der Waals surface area contributed by atoms with Crippen molar-refractivity contribution in [3.8, 4) is 0 Å². The first-order chi connectivity index (χ1) is 10.6. The van der Waals surface area contributed by atoms with Crippen molar-refractivity contribution in [3.63, 3.8) is 0 Å². The van der Waals surface area contributed by atoms with Gasteiger partial charge in [0.15, 0.2) is 0 Å². The van der Waals surface area contributed by atoms with Gasteiger partial charge in [0.25, 0.3) is 5.91 Å². The minimum absolute atomic E-state index is 0.0435. The van der Waals surface area contributed by atoms with Crippen LogP contribution < -0.4 is 10.9 Å². The molecule has 6 nitrogen and oxygen atoms in total. The van der Waals surface area contributed by atoms with Gasteiger partial charge in [0.05, 0.1) is 0 Å². The van der Waals surface area contributed by atoms with Crippen molar-refractivity contribution >= 4 is 11.8 Å². The maximum Gasteiger partial charge on any atom is 0.253 e. The molecule has 0 aliphatic carbocycles. The fraction of sp³-hybridized carbons (Fsp3) is 0.500. The van der Waals surface area contributed by atoms with E-state index in [1.807, 2.05) is 40.1 Å². The first-order valence-corrected chi connectivity index (χ1v) is 7.79. The molecule has 2 atom stereocenters. The Balaban J connectivity index is 1.54. The number of carbonyl (C=O) groups excluding carboxylic acids is 2. The number of nitrogens with one attached hydrogen (secondary N) is 2. The van der Waals surface area contributed by atoms with Crippen molar-refractivity contribution in [2.24, 2.45) is 0 Å². The summed E-state index contributed by atoms with van der Waals surface area (Å²) in [5.74, 6) is 0.172. The van der Waals surface area contributed by atoms with Crippen LogP contribution in [-0.4, -0.2) is 59.9 Å². The molecule has 2 aliphatic heterocycles. The summed E-state index contributed by atoms with van der Waals surface area (Å²) in [7, 11) is 0. The highest BCUT2D eigenvalue weighted by molar-refractivity contribution is 5.94. The molecule has 2 unspecified atom stereocenters. The molecule has 0 spiro atoms. The molecule has 118 valence electrons. The minimum atomic E-state index is -0.147. The van der Waals surface area contributed by atoms with E-state index in [-0.39, 0.29) is 17.9 Å². The Bertz CT molecular complexity index is 540. The molecule has 0 aromatic heterocycles. The van der Waals surface area contributed by atoms with Crippen molar-refractivity contribution in [1.29, 1.82) is 0 Å². The van der Waals surface area contributed by atoms with Gasteiger partial charge in [-0.15, -0.1) is 0 Å². The van der Waals surface area contributed by atoms with Crippen LogP contribution >= 0.6 is 0 Å². The van der Waals surface area contributed by atoms with Crippen molar-refractivity contribution < 1.29 is 9.59 Å². The Morgan fingerprint density at radius 3 is 2.23 bits per heavy atom. The maximum atomic E-state index is 12.4. The molecule has 22 heavy (non-hydrogen) atoms. The Morgan fingerprint density at radius 1 is 1.00 bits per heavy atom. The number of hydrogen-bond acceptors (Lipinski definition) is 4. The summed E-state index contributed by atoms with van der Waals surface area (Å²) in [5, 5.41) is 0. The SMILES string of the molecule is CC1CC(C(=O)N2CCN(C(=O)c3ccccc3)CC2)NN1. The summed E-state index contributed by atoms with van der Waals surface area (Å²) in [4.78, 5) is 28.5. The van der Waals surface area contributed by atoms with E-state index in [4.69, 9.17) is 0 Å². The zero-order valence-electron chi connectivity index (χ0n) is 12.8. The largest absolute Gasteiger partial charge is 0.338 e. The zero-order valence-corrected chi connectivity index (χ0v) is 12.8. The summed E-state index contributed by atoms with van der Waals surface area (Å²) in [6.45, 7) is 4.44. The van der Waals surface area contributed by atoms with Crippen molar-refractivity contribution in [1.82, 2.24) is 20.7 Å². The van der Waals surface area contributed by atoms with Crippen LogP contribution in [-0.2, 0) is 4.79 Å². The summed E-state index contributed by atoms with van der Waals surface area (Å²) >= 11 is 0. The van der Waals surface area contributed by atoms with E-state index in [2.05, 4.69) is 17.8 Å². The Kier molecular flexibility index (Phi) is 4.40. The molecule has 1 aromatic rings. The number of hydrazine groups is 1. The lowest BCUT2D eigenvalue weighted by Gasteiger charge is -2.35. The normalized spacial score (nSPS) is 25.3. The fourth-order valence-electron chi connectivity index (χ4n) is 2.99. The minimum Gasteiger partial charge on any atom is -0.338 e. The second-order valence-corrected chi connectivity index (χ2v) is 5.96. The van der Waals surface area contributed by atoms with E-state index >= 15 is 0 Å². The molecule has 3 rings (SSSR count). The molecule has 0 saturated carbocycles. The first-order valence-electron chi connectivity index (χ1n) is 7.79. The topological polar surface area (TPSA) is 64.7 Å². The van der Waals surface area contributed by atoms with Gasteiger partial charge in [-0.1, -0.05) is 18.2 Å². The summed E-state index contributed by atoms with van der Waals surface area (Å²) in [5.41, 5.74) is 6.82. The third-order valence-corrected chi connectivity index (χ3v) is 4.29. The molecule has 1 aromatic carbocycles. The van der Waals surface area contributed by atoms with Crippen LogP contribution in [0.2, 0.25) is 0 Å². The predicted molar refractivity (Wildman–Crippen MR) is 83.1 cm³/mol. The second-order valence-electron chi connectivity index (χ2n) is 5.96. The highest BCUT2D eigenvalue weighted by atomic mass is 16.2. The first kappa shape index (κ1) is 15.0. The number of hydrogen-bond donors (Lipinski definition) is 2. The fourth-order valence-corrected chi connectivity index (χ4v) is 2.99. The molecule has 2 fully saturated rings. The van der Waals surface area contributed by atoms with E-state index < -0.39 is 0 Å². The number of benzene rings is 1. The van der Waals surface area contributed by atoms with Crippen LogP contribution in [0.1, 0.15) is 23.7 Å².